The molecule has 0 aliphatic heterocycles. The number of carbonyl (C=O) groups is 1. The molecular formula is C12H11NO2. The second-order valence-electron chi connectivity index (χ2n) is 2.95. The highest BCUT2D eigenvalue weighted by Gasteiger charge is 2.05. The molecule has 76 valence electrons. The fourth-order valence-corrected chi connectivity index (χ4v) is 1.36. The van der Waals surface area contributed by atoms with Crippen molar-refractivity contribution < 1.29 is 9.59 Å². The van der Waals surface area contributed by atoms with Gasteiger partial charge in [0.1, 0.15) is 5.94 Å². The Morgan fingerprint density at radius 2 is 2.00 bits per heavy atom. The molecule has 0 aliphatic rings. The number of hydrogen-bond donors (Lipinski definition) is 1. The summed E-state index contributed by atoms with van der Waals surface area (Å²) in [6, 6.07) is 7.79. The fraction of sp³-hybridized carbons (Fsp3) is 0.0833. The molecule has 1 aromatic carbocycles. The summed E-state index contributed by atoms with van der Waals surface area (Å²) in [7, 11) is 0. The lowest BCUT2D eigenvalue weighted by Crippen LogP contribution is -1.87. The van der Waals surface area contributed by atoms with Gasteiger partial charge in [-0.2, -0.15) is 0 Å². The minimum Gasteiger partial charge on any atom is -0.360 e. The Labute approximate surface area is 87.4 Å². The molecule has 15 heavy (non-hydrogen) atoms. The predicted molar refractivity (Wildman–Crippen MR) is 59.6 cm³/mol. The van der Waals surface area contributed by atoms with Crippen molar-refractivity contribution in [2.75, 3.05) is 0 Å². The summed E-state index contributed by atoms with van der Waals surface area (Å²) in [5.74, 6) is 1.35. The van der Waals surface area contributed by atoms with Gasteiger partial charge < -0.3 is 4.98 Å². The van der Waals surface area contributed by atoms with Crippen molar-refractivity contribution in [3.63, 3.8) is 0 Å². The highest BCUT2D eigenvalue weighted by atomic mass is 16.1. The summed E-state index contributed by atoms with van der Waals surface area (Å²) in [5, 5.41) is 1.00. The van der Waals surface area contributed by atoms with Crippen molar-refractivity contribution in [1.29, 1.82) is 0 Å². The lowest BCUT2D eigenvalue weighted by atomic mass is 10.1. The highest BCUT2D eigenvalue weighted by Crippen LogP contribution is 2.17. The van der Waals surface area contributed by atoms with Crippen LogP contribution < -0.4 is 0 Å². The van der Waals surface area contributed by atoms with E-state index in [1.54, 1.807) is 13.1 Å². The first kappa shape index (κ1) is 11.0. The third-order valence-corrected chi connectivity index (χ3v) is 1.97. The van der Waals surface area contributed by atoms with Gasteiger partial charge in [0.05, 0.1) is 0 Å². The van der Waals surface area contributed by atoms with E-state index in [-0.39, 0.29) is 5.78 Å². The summed E-state index contributed by atoms with van der Waals surface area (Å²) >= 11 is 0. The first-order valence-corrected chi connectivity index (χ1v) is 4.42. The molecule has 0 saturated heterocycles. The molecule has 1 heterocycles. The Kier molecular flexibility index (Phi) is 3.61. The molecule has 0 atom stereocenters. The number of fused-ring (bicyclic) bond motifs is 1. The normalized spacial score (nSPS) is 8.87. The summed E-state index contributed by atoms with van der Waals surface area (Å²) < 4.78 is 0. The summed E-state index contributed by atoms with van der Waals surface area (Å²) in [4.78, 5) is 22.7. The predicted octanol–water partition coefficient (Wildman–Crippen LogP) is 2.37. The first-order valence-electron chi connectivity index (χ1n) is 4.42. The van der Waals surface area contributed by atoms with E-state index in [1.165, 1.54) is 5.94 Å². The zero-order valence-corrected chi connectivity index (χ0v) is 8.41. The molecule has 0 amide bonds. The van der Waals surface area contributed by atoms with E-state index in [0.29, 0.717) is 0 Å². The number of nitrogens with one attached hydrogen (secondary N) is 1. The smallest absolute Gasteiger partial charge is 0.161 e. The van der Waals surface area contributed by atoms with E-state index in [4.69, 9.17) is 4.79 Å². The molecule has 3 nitrogen and oxygen atoms in total. The maximum atomic E-state index is 11.1. The number of hydrogen-bond acceptors (Lipinski definition) is 2. The number of H-pyrrole nitrogens is 1. The average Bonchev–Trinajstić information content (AvgIpc) is 2.62. The van der Waals surface area contributed by atoms with Gasteiger partial charge in [0, 0.05) is 22.7 Å². The van der Waals surface area contributed by atoms with Gasteiger partial charge in [-0.15, -0.1) is 0 Å². The van der Waals surface area contributed by atoms with Crippen LogP contribution in [0, 0.1) is 0 Å². The van der Waals surface area contributed by atoms with Crippen LogP contribution in [0.5, 0.6) is 0 Å². The van der Waals surface area contributed by atoms with Crippen LogP contribution in [0.2, 0.25) is 0 Å². The molecule has 0 unspecified atom stereocenters. The van der Waals surface area contributed by atoms with E-state index in [1.807, 2.05) is 24.3 Å². The van der Waals surface area contributed by atoms with Crippen molar-refractivity contribution >= 4 is 22.6 Å². The zero-order valence-electron chi connectivity index (χ0n) is 8.41. The van der Waals surface area contributed by atoms with Crippen molar-refractivity contribution in [3.05, 3.63) is 42.6 Å². The number of ketones is 1. The number of aromatic amines is 1. The van der Waals surface area contributed by atoms with E-state index in [0.717, 1.165) is 16.5 Å². The van der Waals surface area contributed by atoms with Crippen LogP contribution in [0.15, 0.2) is 37.0 Å². The van der Waals surface area contributed by atoms with Gasteiger partial charge in [-0.25, -0.2) is 4.79 Å². The third-order valence-electron chi connectivity index (χ3n) is 1.97. The quantitative estimate of drug-likeness (QED) is 0.568. The van der Waals surface area contributed by atoms with Crippen LogP contribution in [0.3, 0.4) is 0 Å². The van der Waals surface area contributed by atoms with E-state index in [2.05, 4.69) is 11.6 Å². The van der Waals surface area contributed by atoms with Gasteiger partial charge in [-0.3, -0.25) is 4.79 Å². The van der Waals surface area contributed by atoms with Gasteiger partial charge in [0.25, 0.3) is 0 Å². The van der Waals surface area contributed by atoms with Crippen molar-refractivity contribution in [2.45, 2.75) is 6.92 Å². The van der Waals surface area contributed by atoms with Crippen molar-refractivity contribution in [1.82, 2.24) is 4.98 Å². The topological polar surface area (TPSA) is 49.9 Å². The second-order valence-corrected chi connectivity index (χ2v) is 2.95. The Hall–Kier alpha value is -2.12. The lowest BCUT2D eigenvalue weighted by molar-refractivity contribution is 0.101. The highest BCUT2D eigenvalue weighted by molar-refractivity contribution is 6.06. The Morgan fingerprint density at radius 3 is 2.60 bits per heavy atom. The zero-order chi connectivity index (χ0) is 11.3. The molecule has 1 N–H and O–H groups in total. The molecule has 0 radical (unpaired) electrons. The number of aromatic nitrogens is 1. The number of carbonyl (C=O) groups excluding carboxylic acids is 2. The summed E-state index contributed by atoms with van der Waals surface area (Å²) in [6.45, 7) is 4.26. The number of Topliss-reactive ketones (excluding diaryl/α,β-unsaturated/α-hetero) is 1. The maximum Gasteiger partial charge on any atom is 0.161 e. The van der Waals surface area contributed by atoms with Crippen LogP contribution in [0.25, 0.3) is 10.9 Å². The first-order chi connectivity index (χ1) is 7.20. The third kappa shape index (κ3) is 2.42. The Morgan fingerprint density at radius 1 is 1.40 bits per heavy atom. The fourth-order valence-electron chi connectivity index (χ4n) is 1.36. The summed E-state index contributed by atoms with van der Waals surface area (Å²) in [5.41, 5.74) is 1.79. The molecule has 2 aromatic rings. The van der Waals surface area contributed by atoms with Gasteiger partial charge in [-0.1, -0.05) is 18.2 Å². The molecule has 0 aliphatic carbocycles. The Bertz CT molecular complexity index is 505. The molecule has 0 saturated carbocycles. The molecule has 2 rings (SSSR count). The number of benzene rings is 1. The average molecular weight is 201 g/mol. The lowest BCUT2D eigenvalue weighted by Gasteiger charge is -1.90. The monoisotopic (exact) mass is 201 g/mol. The standard InChI is InChI=1S/C10H9NO.C2H2O/c1-7(12)9-6-11-10-5-3-2-4-8(9)10;1-2-3/h2-6,11H,1H3;1H2. The minimum atomic E-state index is 0.104. The van der Waals surface area contributed by atoms with Crippen molar-refractivity contribution in [2.24, 2.45) is 0 Å². The van der Waals surface area contributed by atoms with Gasteiger partial charge >= 0.3 is 0 Å². The van der Waals surface area contributed by atoms with Crippen LogP contribution in [0.4, 0.5) is 0 Å². The molecule has 0 fully saturated rings. The van der Waals surface area contributed by atoms with Crippen LogP contribution >= 0.6 is 0 Å². The van der Waals surface area contributed by atoms with Gasteiger partial charge in [-0.05, 0) is 19.6 Å². The van der Waals surface area contributed by atoms with E-state index < -0.39 is 0 Å². The van der Waals surface area contributed by atoms with Crippen LogP contribution in [0.1, 0.15) is 17.3 Å². The van der Waals surface area contributed by atoms with E-state index >= 15 is 0 Å². The van der Waals surface area contributed by atoms with Gasteiger partial charge in [0.2, 0.25) is 0 Å². The SMILES string of the molecule is C=C=O.CC(=O)c1c[nH]c2ccccc12. The Balaban J connectivity index is 0.000000337. The molecule has 1 aromatic heterocycles. The second kappa shape index (κ2) is 4.94. The van der Waals surface area contributed by atoms with Gasteiger partial charge in [0.15, 0.2) is 5.78 Å². The summed E-state index contributed by atoms with van der Waals surface area (Å²) in [6.07, 6.45) is 1.76. The largest absolute Gasteiger partial charge is 0.360 e. The maximum absolute atomic E-state index is 11.1. The minimum absolute atomic E-state index is 0.104. The van der Waals surface area contributed by atoms with Crippen LogP contribution in [-0.2, 0) is 4.79 Å². The molecule has 0 spiro atoms. The molecule has 3 heteroatoms. The van der Waals surface area contributed by atoms with E-state index in [9.17, 15) is 4.79 Å². The van der Waals surface area contributed by atoms with Crippen LogP contribution in [-0.4, -0.2) is 16.7 Å². The number of para-hydroxylation sites is 1. The van der Waals surface area contributed by atoms with Crippen molar-refractivity contribution in [3.8, 4) is 0 Å². The molecular weight excluding hydrogens is 190 g/mol. The number of rotatable bonds is 1. The molecule has 0 bridgehead atoms.